The van der Waals surface area contributed by atoms with Crippen LogP contribution < -0.4 is 5.56 Å². The SMILES string of the molecule is COCCn1cnc2c(c1=O)c1nc3ccccc3nc1n2/N=C\c1ccc(C)cc1. The zero-order valence-electron chi connectivity index (χ0n) is 17.2. The quantitative estimate of drug-likeness (QED) is 0.414. The van der Waals surface area contributed by atoms with Crippen LogP contribution in [0.1, 0.15) is 11.1 Å². The summed E-state index contributed by atoms with van der Waals surface area (Å²) < 4.78 is 8.23. The van der Waals surface area contributed by atoms with Crippen LogP contribution in [0.4, 0.5) is 0 Å². The number of ether oxygens (including phenoxy) is 1. The topological polar surface area (TPSA) is 87.2 Å². The number of hydrogen-bond acceptors (Lipinski definition) is 6. The van der Waals surface area contributed by atoms with Crippen LogP contribution in [-0.2, 0) is 11.3 Å². The Balaban J connectivity index is 1.79. The number of aromatic nitrogens is 5. The molecule has 3 heterocycles. The summed E-state index contributed by atoms with van der Waals surface area (Å²) in [6.45, 7) is 2.84. The van der Waals surface area contributed by atoms with Crippen molar-refractivity contribution in [2.45, 2.75) is 13.5 Å². The Kier molecular flexibility index (Phi) is 4.76. The van der Waals surface area contributed by atoms with Crippen molar-refractivity contribution in [3.8, 4) is 0 Å². The minimum absolute atomic E-state index is 0.194. The van der Waals surface area contributed by atoms with Crippen molar-refractivity contribution in [1.82, 2.24) is 24.2 Å². The lowest BCUT2D eigenvalue weighted by Crippen LogP contribution is -2.22. The smallest absolute Gasteiger partial charge is 0.265 e. The van der Waals surface area contributed by atoms with E-state index in [4.69, 9.17) is 14.7 Å². The van der Waals surface area contributed by atoms with Gasteiger partial charge in [-0.1, -0.05) is 42.0 Å². The molecule has 0 amide bonds. The number of aryl methyl sites for hydroxylation is 1. The highest BCUT2D eigenvalue weighted by Gasteiger charge is 2.19. The highest BCUT2D eigenvalue weighted by molar-refractivity contribution is 6.04. The number of methoxy groups -OCH3 is 1. The molecular formula is C23H20N6O2. The van der Waals surface area contributed by atoms with Gasteiger partial charge in [-0.2, -0.15) is 9.78 Å². The van der Waals surface area contributed by atoms with Gasteiger partial charge in [0.1, 0.15) is 17.2 Å². The van der Waals surface area contributed by atoms with E-state index >= 15 is 0 Å². The van der Waals surface area contributed by atoms with Crippen LogP contribution in [0.25, 0.3) is 33.2 Å². The first-order valence-electron chi connectivity index (χ1n) is 9.92. The monoisotopic (exact) mass is 412 g/mol. The molecule has 0 spiro atoms. The fourth-order valence-corrected chi connectivity index (χ4v) is 3.49. The van der Waals surface area contributed by atoms with Gasteiger partial charge in [0, 0.05) is 7.11 Å². The average molecular weight is 412 g/mol. The summed E-state index contributed by atoms with van der Waals surface area (Å²) in [6.07, 6.45) is 3.24. The van der Waals surface area contributed by atoms with Gasteiger partial charge >= 0.3 is 0 Å². The minimum atomic E-state index is -0.194. The lowest BCUT2D eigenvalue weighted by Gasteiger charge is -2.04. The van der Waals surface area contributed by atoms with Gasteiger partial charge in [-0.05, 0) is 24.6 Å². The van der Waals surface area contributed by atoms with Crippen molar-refractivity contribution in [1.29, 1.82) is 0 Å². The van der Waals surface area contributed by atoms with Gasteiger partial charge in [0.15, 0.2) is 11.3 Å². The lowest BCUT2D eigenvalue weighted by molar-refractivity contribution is 0.186. The number of para-hydroxylation sites is 2. The van der Waals surface area contributed by atoms with Crippen LogP contribution in [0.15, 0.2) is 64.8 Å². The molecule has 0 saturated heterocycles. The van der Waals surface area contributed by atoms with Crippen molar-refractivity contribution in [3.63, 3.8) is 0 Å². The molecule has 0 N–H and O–H groups in total. The van der Waals surface area contributed by atoms with E-state index in [2.05, 4.69) is 10.1 Å². The maximum Gasteiger partial charge on any atom is 0.265 e. The molecule has 5 rings (SSSR count). The fraction of sp³-hybridized carbons (Fsp3) is 0.174. The fourth-order valence-electron chi connectivity index (χ4n) is 3.49. The normalized spacial score (nSPS) is 11.9. The molecule has 2 aromatic carbocycles. The molecule has 0 atom stereocenters. The summed E-state index contributed by atoms with van der Waals surface area (Å²) in [4.78, 5) is 27.3. The van der Waals surface area contributed by atoms with Crippen LogP contribution in [0.3, 0.4) is 0 Å². The van der Waals surface area contributed by atoms with Crippen LogP contribution in [0.5, 0.6) is 0 Å². The minimum Gasteiger partial charge on any atom is -0.383 e. The Bertz CT molecular complexity index is 1500. The van der Waals surface area contributed by atoms with Gasteiger partial charge in [-0.25, -0.2) is 15.0 Å². The predicted molar refractivity (Wildman–Crippen MR) is 121 cm³/mol. The molecule has 0 unspecified atom stereocenters. The lowest BCUT2D eigenvalue weighted by atomic mass is 10.2. The van der Waals surface area contributed by atoms with E-state index in [0.29, 0.717) is 40.9 Å². The standard InChI is InChI=1S/C23H20N6O2/c1-15-7-9-16(10-8-15)13-25-29-21-19(23(30)28(14-24-21)11-12-31-2)20-22(29)27-18-6-4-3-5-17(18)26-20/h3-10,13-14H,11-12H2,1-2H3/b25-13-. The Morgan fingerprint density at radius 1 is 1.03 bits per heavy atom. The van der Waals surface area contributed by atoms with Gasteiger partial charge in [0.05, 0.1) is 30.4 Å². The third-order valence-electron chi connectivity index (χ3n) is 5.14. The third-order valence-corrected chi connectivity index (χ3v) is 5.14. The second kappa shape index (κ2) is 7.73. The number of rotatable bonds is 5. The maximum atomic E-state index is 13.2. The van der Waals surface area contributed by atoms with Crippen molar-refractivity contribution < 1.29 is 4.74 Å². The molecule has 154 valence electrons. The van der Waals surface area contributed by atoms with E-state index in [1.807, 2.05) is 55.5 Å². The summed E-state index contributed by atoms with van der Waals surface area (Å²) in [5.74, 6) is 0. The first-order chi connectivity index (χ1) is 15.2. The summed E-state index contributed by atoms with van der Waals surface area (Å²) in [5.41, 5.74) is 4.75. The zero-order chi connectivity index (χ0) is 21.4. The molecule has 0 aliphatic heterocycles. The molecule has 5 aromatic rings. The highest BCUT2D eigenvalue weighted by Crippen LogP contribution is 2.24. The van der Waals surface area contributed by atoms with Crippen molar-refractivity contribution in [3.05, 3.63) is 76.3 Å². The molecule has 0 aliphatic carbocycles. The number of nitrogens with zero attached hydrogens (tertiary/aromatic N) is 6. The van der Waals surface area contributed by atoms with Crippen LogP contribution in [0.2, 0.25) is 0 Å². The number of hydrogen-bond donors (Lipinski definition) is 0. The molecule has 0 aliphatic rings. The molecule has 31 heavy (non-hydrogen) atoms. The summed E-state index contributed by atoms with van der Waals surface area (Å²) in [5, 5.41) is 5.01. The zero-order valence-corrected chi connectivity index (χ0v) is 17.2. The Morgan fingerprint density at radius 3 is 2.52 bits per heavy atom. The van der Waals surface area contributed by atoms with Gasteiger partial charge in [-0.15, -0.1) is 0 Å². The van der Waals surface area contributed by atoms with Crippen molar-refractivity contribution in [2.75, 3.05) is 13.7 Å². The molecule has 8 nitrogen and oxygen atoms in total. The first-order valence-corrected chi connectivity index (χ1v) is 9.92. The first kappa shape index (κ1) is 19.1. The molecule has 0 bridgehead atoms. The average Bonchev–Trinajstić information content (AvgIpc) is 3.10. The second-order valence-corrected chi connectivity index (χ2v) is 7.29. The van der Waals surface area contributed by atoms with Gasteiger partial charge in [0.2, 0.25) is 0 Å². The van der Waals surface area contributed by atoms with Gasteiger partial charge in [0.25, 0.3) is 5.56 Å². The summed E-state index contributed by atoms with van der Waals surface area (Å²) >= 11 is 0. The molecule has 0 fully saturated rings. The van der Waals surface area contributed by atoms with Gasteiger partial charge < -0.3 is 4.74 Å². The molecule has 0 saturated carbocycles. The van der Waals surface area contributed by atoms with Crippen molar-refractivity contribution in [2.24, 2.45) is 5.10 Å². The molecular weight excluding hydrogens is 392 g/mol. The Hall–Kier alpha value is -3.91. The third kappa shape index (κ3) is 3.36. The Morgan fingerprint density at radius 2 is 1.77 bits per heavy atom. The summed E-state index contributed by atoms with van der Waals surface area (Å²) in [6, 6.07) is 15.6. The molecule has 3 aromatic heterocycles. The van der Waals surface area contributed by atoms with Gasteiger partial charge in [-0.3, -0.25) is 9.36 Å². The van der Waals surface area contributed by atoms with E-state index in [1.54, 1.807) is 18.0 Å². The van der Waals surface area contributed by atoms with Crippen LogP contribution in [0, 0.1) is 6.92 Å². The van der Waals surface area contributed by atoms with Crippen molar-refractivity contribution >= 4 is 39.4 Å². The maximum absolute atomic E-state index is 13.2. The van der Waals surface area contributed by atoms with E-state index < -0.39 is 0 Å². The second-order valence-electron chi connectivity index (χ2n) is 7.29. The number of fused-ring (bicyclic) bond motifs is 4. The number of benzene rings is 2. The highest BCUT2D eigenvalue weighted by atomic mass is 16.5. The Labute approximate surface area is 177 Å². The largest absolute Gasteiger partial charge is 0.383 e. The predicted octanol–water partition coefficient (Wildman–Crippen LogP) is 3.13. The molecule has 8 heteroatoms. The van der Waals surface area contributed by atoms with Crippen LogP contribution >= 0.6 is 0 Å². The van der Waals surface area contributed by atoms with Crippen LogP contribution in [-0.4, -0.2) is 44.1 Å². The molecule has 0 radical (unpaired) electrons. The van der Waals surface area contributed by atoms with E-state index in [-0.39, 0.29) is 5.56 Å². The van der Waals surface area contributed by atoms with E-state index in [0.717, 1.165) is 11.1 Å². The summed E-state index contributed by atoms with van der Waals surface area (Å²) in [7, 11) is 1.60. The van der Waals surface area contributed by atoms with E-state index in [9.17, 15) is 4.79 Å². The van der Waals surface area contributed by atoms with E-state index in [1.165, 1.54) is 16.5 Å².